The molecule has 0 N–H and O–H groups in total. The Morgan fingerprint density at radius 3 is 1.11 bits per heavy atom. The van der Waals surface area contributed by atoms with Gasteiger partial charge in [-0.1, -0.05) is 0 Å². The minimum atomic E-state index is -2.94. The van der Waals surface area contributed by atoms with E-state index in [1.165, 1.54) is 0 Å². The number of hydrogen-bond acceptors (Lipinski definition) is 2. The number of nitrogens with zero attached hydrogens (tertiary/aromatic N) is 2. The molecule has 0 unspecified atom stereocenters. The summed E-state index contributed by atoms with van der Waals surface area (Å²) in [6.07, 6.45) is 0. The van der Waals surface area contributed by atoms with Gasteiger partial charge in [0, 0.05) is 0 Å². The number of rotatable bonds is 2. The molecule has 0 radical (unpaired) electrons. The molecule has 0 fully saturated rings. The van der Waals surface area contributed by atoms with Crippen LogP contribution in [0.3, 0.4) is 0 Å². The molecule has 0 aliphatic carbocycles. The van der Waals surface area contributed by atoms with Crippen molar-refractivity contribution in [2.75, 3.05) is 28.2 Å². The molecule has 0 spiro atoms. The normalized spacial score (nSPS) is 13.3. The molecule has 0 aliphatic rings. The fourth-order valence-corrected chi connectivity index (χ4v) is 2.37. The maximum atomic E-state index is 6.03. The zero-order chi connectivity index (χ0) is 7.65. The van der Waals surface area contributed by atoms with Crippen molar-refractivity contribution in [3.63, 3.8) is 0 Å². The zero-order valence-corrected chi connectivity index (χ0v) is 10.1. The van der Waals surface area contributed by atoms with Gasteiger partial charge in [0.1, 0.15) is 0 Å². The van der Waals surface area contributed by atoms with Crippen LogP contribution in [-0.4, -0.2) is 33.9 Å². The van der Waals surface area contributed by atoms with Crippen LogP contribution >= 0.6 is 17.0 Å². The van der Waals surface area contributed by atoms with Crippen molar-refractivity contribution < 1.29 is 18.5 Å². The van der Waals surface area contributed by atoms with Crippen LogP contribution in [0.2, 0.25) is 0 Å². The molecule has 0 rings (SSSR count). The Bertz CT molecular complexity index is 84.6. The molecule has 0 atom stereocenters. The van der Waals surface area contributed by atoms with Crippen molar-refractivity contribution in [2.24, 2.45) is 0 Å². The average molecular weight is 250 g/mol. The summed E-state index contributed by atoms with van der Waals surface area (Å²) in [7, 11) is 19.7. The molecule has 0 aliphatic heterocycles. The Labute approximate surface area is 69.0 Å². The molecule has 0 bridgehead atoms. The predicted molar refractivity (Wildman–Crippen MR) is 39.1 cm³/mol. The molecular weight excluding hydrogens is 238 g/mol. The zero-order valence-electron chi connectivity index (χ0n) is 6.15. The summed E-state index contributed by atoms with van der Waals surface area (Å²) in [6.45, 7) is 0. The molecule has 0 aromatic heterocycles. The van der Waals surface area contributed by atoms with Crippen LogP contribution in [0, 0.1) is 0 Å². The van der Waals surface area contributed by atoms with E-state index in [2.05, 4.69) is 0 Å². The van der Waals surface area contributed by atoms with E-state index >= 15 is 0 Å². The van der Waals surface area contributed by atoms with Crippen molar-refractivity contribution in [1.29, 1.82) is 0 Å². The van der Waals surface area contributed by atoms with Gasteiger partial charge in [-0.15, -0.1) is 0 Å². The van der Waals surface area contributed by atoms with Gasteiger partial charge in [-0.2, -0.15) is 0 Å². The van der Waals surface area contributed by atoms with Gasteiger partial charge in [0.05, 0.1) is 0 Å². The molecule has 0 saturated carbocycles. The number of halogens is 2. The Hall–Kier alpha value is 1.38. The van der Waals surface area contributed by atoms with E-state index in [1.807, 2.05) is 33.9 Å². The fourth-order valence-electron chi connectivity index (χ4n) is 0.400. The maximum absolute atomic E-state index is 6.03. The molecule has 0 aromatic rings. The summed E-state index contributed by atoms with van der Waals surface area (Å²) in [5, 5.41) is 0. The first-order valence-corrected chi connectivity index (χ1v) is 11.1. The van der Waals surface area contributed by atoms with Crippen LogP contribution in [0.1, 0.15) is 0 Å². The summed E-state index contributed by atoms with van der Waals surface area (Å²) in [4.78, 5) is 0. The third kappa shape index (κ3) is 2.86. The molecule has 56 valence electrons. The van der Waals surface area contributed by atoms with Gasteiger partial charge in [-0.3, -0.25) is 0 Å². The van der Waals surface area contributed by atoms with Gasteiger partial charge in [0.25, 0.3) is 0 Å². The first-order valence-electron chi connectivity index (χ1n) is 2.61. The summed E-state index contributed by atoms with van der Waals surface area (Å²) < 4.78 is 3.86. The molecule has 0 aromatic carbocycles. The van der Waals surface area contributed by atoms with Gasteiger partial charge < -0.3 is 0 Å². The van der Waals surface area contributed by atoms with E-state index in [1.54, 1.807) is 0 Å². The summed E-state index contributed by atoms with van der Waals surface area (Å²) in [5.41, 5.74) is 0. The standard InChI is InChI=1S/2C2H6N.2ClH.Zr/c2*1-3-2;;;/h2*1-2H3;2*1H;/q2*-1;;;+4/p-2. The van der Waals surface area contributed by atoms with Crippen LogP contribution < -0.4 is 0 Å². The van der Waals surface area contributed by atoms with E-state index < -0.39 is 18.5 Å². The van der Waals surface area contributed by atoms with E-state index in [9.17, 15) is 0 Å². The Balaban J connectivity index is 4.01. The van der Waals surface area contributed by atoms with Crippen molar-refractivity contribution in [3.8, 4) is 0 Å². The van der Waals surface area contributed by atoms with E-state index in [0.29, 0.717) is 0 Å². The van der Waals surface area contributed by atoms with E-state index in [0.717, 1.165) is 0 Å². The monoisotopic (exact) mass is 248 g/mol. The topological polar surface area (TPSA) is 6.48 Å². The van der Waals surface area contributed by atoms with Crippen LogP contribution in [0.4, 0.5) is 0 Å². The Morgan fingerprint density at radius 2 is 1.11 bits per heavy atom. The van der Waals surface area contributed by atoms with Gasteiger partial charge >= 0.3 is 69.4 Å². The molecule has 5 heteroatoms. The van der Waals surface area contributed by atoms with Crippen LogP contribution in [0.5, 0.6) is 0 Å². The van der Waals surface area contributed by atoms with E-state index in [4.69, 9.17) is 17.0 Å². The quantitative estimate of drug-likeness (QED) is 0.731. The molecule has 9 heavy (non-hydrogen) atoms. The van der Waals surface area contributed by atoms with Crippen molar-refractivity contribution in [1.82, 2.24) is 5.69 Å². The van der Waals surface area contributed by atoms with E-state index in [-0.39, 0.29) is 0 Å². The van der Waals surface area contributed by atoms with Crippen LogP contribution in [0.25, 0.3) is 0 Å². The van der Waals surface area contributed by atoms with Gasteiger partial charge in [0.15, 0.2) is 0 Å². The van der Waals surface area contributed by atoms with Crippen molar-refractivity contribution in [2.45, 2.75) is 0 Å². The van der Waals surface area contributed by atoms with Gasteiger partial charge in [0.2, 0.25) is 0 Å². The third-order valence-corrected chi connectivity index (χ3v) is 14.4. The number of hydrogen-bond donors (Lipinski definition) is 0. The molecule has 0 amide bonds. The molecule has 2 nitrogen and oxygen atoms in total. The Morgan fingerprint density at radius 1 is 0.889 bits per heavy atom. The van der Waals surface area contributed by atoms with Crippen LogP contribution in [0.15, 0.2) is 0 Å². The first-order chi connectivity index (χ1) is 3.89. The fraction of sp³-hybridized carbons (Fsp3) is 1.00. The van der Waals surface area contributed by atoms with Crippen molar-refractivity contribution in [3.05, 3.63) is 0 Å². The molecule has 0 saturated heterocycles. The summed E-state index contributed by atoms with van der Waals surface area (Å²) in [6, 6.07) is 0. The predicted octanol–water partition coefficient (Wildman–Crippen LogP) is 1.40. The second-order valence-corrected chi connectivity index (χ2v) is 16.6. The summed E-state index contributed by atoms with van der Waals surface area (Å²) >= 11 is -2.94. The second-order valence-electron chi connectivity index (χ2n) is 2.30. The van der Waals surface area contributed by atoms with Crippen LogP contribution in [-0.2, 0) is 18.5 Å². The second kappa shape index (κ2) is 3.68. The van der Waals surface area contributed by atoms with Gasteiger partial charge in [-0.25, -0.2) is 0 Å². The third-order valence-electron chi connectivity index (χ3n) is 1.08. The summed E-state index contributed by atoms with van der Waals surface area (Å²) in [5.74, 6) is 0. The van der Waals surface area contributed by atoms with Gasteiger partial charge in [-0.05, 0) is 0 Å². The Kier molecular flexibility index (Phi) is 4.25. The SMILES string of the molecule is C[N](C)[Zr]([Cl])([Cl])[N](C)C. The first kappa shape index (κ1) is 10.4. The average Bonchev–Trinajstić information content (AvgIpc) is 1.65. The minimum absolute atomic E-state index is 1.91. The molecular formula is C4H12Cl2N2Zr. The molecule has 0 heterocycles. The van der Waals surface area contributed by atoms with Crippen molar-refractivity contribution >= 4 is 17.0 Å².